The Balaban J connectivity index is 1.83. The van der Waals surface area contributed by atoms with Crippen molar-refractivity contribution < 1.29 is 9.53 Å². The molecular formula is C13H20N4O2. The summed E-state index contributed by atoms with van der Waals surface area (Å²) in [7, 11) is 0. The van der Waals surface area contributed by atoms with Crippen LogP contribution < -0.4 is 11.1 Å². The predicted molar refractivity (Wildman–Crippen MR) is 72.8 cm³/mol. The van der Waals surface area contributed by atoms with Gasteiger partial charge in [-0.3, -0.25) is 14.7 Å². The fraction of sp³-hybridized carbons (Fsp3) is 0.538. The van der Waals surface area contributed by atoms with Gasteiger partial charge < -0.3 is 15.8 Å². The van der Waals surface area contributed by atoms with Gasteiger partial charge in [-0.2, -0.15) is 0 Å². The highest BCUT2D eigenvalue weighted by Gasteiger charge is 2.20. The molecule has 0 aliphatic carbocycles. The van der Waals surface area contributed by atoms with Gasteiger partial charge in [-0.05, 0) is 18.7 Å². The maximum Gasteiger partial charge on any atom is 0.270 e. The van der Waals surface area contributed by atoms with E-state index in [1.54, 1.807) is 12.1 Å². The van der Waals surface area contributed by atoms with Crippen LogP contribution in [0, 0.1) is 0 Å². The molecule has 1 aliphatic heterocycles. The van der Waals surface area contributed by atoms with Crippen LogP contribution in [0.15, 0.2) is 18.3 Å². The third-order valence-electron chi connectivity index (χ3n) is 3.18. The Bertz CT molecular complexity index is 438. The van der Waals surface area contributed by atoms with Gasteiger partial charge in [-0.15, -0.1) is 0 Å². The van der Waals surface area contributed by atoms with E-state index in [1.807, 2.05) is 0 Å². The van der Waals surface area contributed by atoms with Gasteiger partial charge in [0, 0.05) is 31.5 Å². The van der Waals surface area contributed by atoms with E-state index in [0.29, 0.717) is 24.5 Å². The van der Waals surface area contributed by atoms with Crippen molar-refractivity contribution in [3.63, 3.8) is 0 Å². The third kappa shape index (κ3) is 3.90. The molecule has 1 unspecified atom stereocenters. The molecule has 0 aromatic carbocycles. The summed E-state index contributed by atoms with van der Waals surface area (Å²) in [5.74, 6) is -0.218. The molecule has 1 fully saturated rings. The van der Waals surface area contributed by atoms with Crippen molar-refractivity contribution in [2.45, 2.75) is 13.0 Å². The highest BCUT2D eigenvalue weighted by Crippen LogP contribution is 2.05. The lowest BCUT2D eigenvalue weighted by atomic mass is 10.2. The molecule has 1 aromatic rings. The topological polar surface area (TPSA) is 80.5 Å². The molecule has 0 spiro atoms. The summed E-state index contributed by atoms with van der Waals surface area (Å²) in [6, 6.07) is 3.22. The number of rotatable bonds is 4. The number of carbonyl (C=O) groups is 1. The lowest BCUT2D eigenvalue weighted by molar-refractivity contribution is -0.0246. The molecule has 6 nitrogen and oxygen atoms in total. The molecule has 0 saturated carbocycles. The quantitative estimate of drug-likeness (QED) is 0.807. The molecule has 3 N–H and O–H groups in total. The largest absolute Gasteiger partial charge is 0.399 e. The number of carbonyl (C=O) groups excluding carboxylic acids is 1. The van der Waals surface area contributed by atoms with Crippen molar-refractivity contribution in [2.75, 3.05) is 38.5 Å². The second-order valence-corrected chi connectivity index (χ2v) is 4.57. The molecule has 1 amide bonds. The maximum atomic E-state index is 11.9. The summed E-state index contributed by atoms with van der Waals surface area (Å²) < 4.78 is 5.62. The lowest BCUT2D eigenvalue weighted by Gasteiger charge is -2.32. The Kier molecular flexibility index (Phi) is 4.70. The molecular weight excluding hydrogens is 244 g/mol. The number of pyridine rings is 1. The zero-order chi connectivity index (χ0) is 13.7. The highest BCUT2D eigenvalue weighted by molar-refractivity contribution is 5.92. The first-order valence-electron chi connectivity index (χ1n) is 6.52. The number of likely N-dealkylation sites (N-methyl/N-ethyl adjacent to an activating group) is 1. The Morgan fingerprint density at radius 2 is 2.53 bits per heavy atom. The number of aromatic nitrogens is 1. The van der Waals surface area contributed by atoms with Crippen molar-refractivity contribution in [3.8, 4) is 0 Å². The number of nitrogen functional groups attached to an aromatic ring is 1. The standard InChI is InChI=1S/C13H20N4O2/c1-2-17-5-6-19-11(9-17)8-16-13(18)12-7-10(14)3-4-15-12/h3-4,7,11H,2,5-6,8-9H2,1H3,(H2,14,15)(H,16,18). The third-order valence-corrected chi connectivity index (χ3v) is 3.18. The summed E-state index contributed by atoms with van der Waals surface area (Å²) in [6.45, 7) is 6.14. The second-order valence-electron chi connectivity index (χ2n) is 4.57. The number of anilines is 1. The molecule has 0 bridgehead atoms. The van der Waals surface area contributed by atoms with Crippen LogP contribution in [-0.4, -0.2) is 54.7 Å². The molecule has 1 aromatic heterocycles. The molecule has 1 saturated heterocycles. The van der Waals surface area contributed by atoms with Crippen molar-refractivity contribution in [1.29, 1.82) is 0 Å². The van der Waals surface area contributed by atoms with E-state index in [-0.39, 0.29) is 12.0 Å². The smallest absolute Gasteiger partial charge is 0.270 e. The van der Waals surface area contributed by atoms with Crippen LogP contribution in [0.5, 0.6) is 0 Å². The first kappa shape index (κ1) is 13.8. The van der Waals surface area contributed by atoms with Crippen molar-refractivity contribution >= 4 is 11.6 Å². The van der Waals surface area contributed by atoms with E-state index < -0.39 is 0 Å². The number of morpholine rings is 1. The lowest BCUT2D eigenvalue weighted by Crippen LogP contribution is -2.47. The van der Waals surface area contributed by atoms with Gasteiger partial charge >= 0.3 is 0 Å². The Hall–Kier alpha value is -1.66. The molecule has 0 radical (unpaired) electrons. The Morgan fingerprint density at radius 1 is 1.68 bits per heavy atom. The average Bonchev–Trinajstić information content (AvgIpc) is 2.45. The molecule has 104 valence electrons. The minimum absolute atomic E-state index is 0.0405. The van der Waals surface area contributed by atoms with E-state index in [9.17, 15) is 4.79 Å². The highest BCUT2D eigenvalue weighted by atomic mass is 16.5. The molecule has 19 heavy (non-hydrogen) atoms. The predicted octanol–water partition coefficient (Wildman–Crippen LogP) is 0.114. The summed E-state index contributed by atoms with van der Waals surface area (Å²) in [6.07, 6.45) is 1.57. The number of hydrogen-bond acceptors (Lipinski definition) is 5. The SMILES string of the molecule is CCN1CCOC(CNC(=O)c2cc(N)ccn2)C1. The number of amides is 1. The van der Waals surface area contributed by atoms with Gasteiger partial charge in [0.25, 0.3) is 5.91 Å². The first-order valence-corrected chi connectivity index (χ1v) is 6.52. The number of nitrogens with two attached hydrogens (primary N) is 1. The average molecular weight is 264 g/mol. The van der Waals surface area contributed by atoms with Gasteiger partial charge in [0.05, 0.1) is 12.7 Å². The molecule has 2 heterocycles. The van der Waals surface area contributed by atoms with Crippen molar-refractivity contribution in [3.05, 3.63) is 24.0 Å². The zero-order valence-corrected chi connectivity index (χ0v) is 11.1. The van der Waals surface area contributed by atoms with E-state index in [0.717, 1.165) is 19.6 Å². The minimum atomic E-state index is -0.218. The van der Waals surface area contributed by atoms with E-state index in [1.165, 1.54) is 6.20 Å². The summed E-state index contributed by atoms with van der Waals surface area (Å²) >= 11 is 0. The number of nitrogens with zero attached hydrogens (tertiary/aromatic N) is 2. The number of hydrogen-bond donors (Lipinski definition) is 2. The summed E-state index contributed by atoms with van der Waals surface area (Å²) in [5, 5.41) is 2.83. The normalized spacial score (nSPS) is 20.2. The Labute approximate surface area is 112 Å². The molecule has 2 rings (SSSR count). The first-order chi connectivity index (χ1) is 9.19. The van der Waals surface area contributed by atoms with E-state index in [2.05, 4.69) is 22.1 Å². The van der Waals surface area contributed by atoms with Gasteiger partial charge in [0.15, 0.2) is 0 Å². The van der Waals surface area contributed by atoms with Gasteiger partial charge in [-0.1, -0.05) is 6.92 Å². The maximum absolute atomic E-state index is 11.9. The monoisotopic (exact) mass is 264 g/mol. The minimum Gasteiger partial charge on any atom is -0.399 e. The van der Waals surface area contributed by atoms with Crippen LogP contribution in [0.3, 0.4) is 0 Å². The summed E-state index contributed by atoms with van der Waals surface area (Å²) in [5.41, 5.74) is 6.49. The van der Waals surface area contributed by atoms with E-state index in [4.69, 9.17) is 10.5 Å². The Morgan fingerprint density at radius 3 is 3.26 bits per heavy atom. The van der Waals surface area contributed by atoms with Gasteiger partial charge in [-0.25, -0.2) is 0 Å². The van der Waals surface area contributed by atoms with Crippen LogP contribution in [0.4, 0.5) is 5.69 Å². The number of nitrogens with one attached hydrogen (secondary N) is 1. The van der Waals surface area contributed by atoms with Crippen LogP contribution in [0.2, 0.25) is 0 Å². The summed E-state index contributed by atoms with van der Waals surface area (Å²) in [4.78, 5) is 18.2. The molecule has 6 heteroatoms. The van der Waals surface area contributed by atoms with Gasteiger partial charge in [0.1, 0.15) is 5.69 Å². The van der Waals surface area contributed by atoms with Crippen LogP contribution in [-0.2, 0) is 4.74 Å². The van der Waals surface area contributed by atoms with Crippen molar-refractivity contribution in [1.82, 2.24) is 15.2 Å². The van der Waals surface area contributed by atoms with Gasteiger partial charge in [0.2, 0.25) is 0 Å². The molecule has 1 aliphatic rings. The fourth-order valence-electron chi connectivity index (χ4n) is 2.06. The van der Waals surface area contributed by atoms with Crippen LogP contribution in [0.1, 0.15) is 17.4 Å². The number of ether oxygens (including phenoxy) is 1. The van der Waals surface area contributed by atoms with E-state index >= 15 is 0 Å². The molecule has 1 atom stereocenters. The zero-order valence-electron chi connectivity index (χ0n) is 11.1. The van der Waals surface area contributed by atoms with Crippen LogP contribution >= 0.6 is 0 Å². The van der Waals surface area contributed by atoms with Crippen LogP contribution in [0.25, 0.3) is 0 Å². The second kappa shape index (κ2) is 6.49. The fourth-order valence-corrected chi connectivity index (χ4v) is 2.06. The van der Waals surface area contributed by atoms with Crippen molar-refractivity contribution in [2.24, 2.45) is 0 Å².